The van der Waals surface area contributed by atoms with Gasteiger partial charge in [-0.25, -0.2) is 4.98 Å². The lowest BCUT2D eigenvalue weighted by Gasteiger charge is -2.24. The fourth-order valence-corrected chi connectivity index (χ4v) is 3.49. The highest BCUT2D eigenvalue weighted by molar-refractivity contribution is 9.10. The van der Waals surface area contributed by atoms with Crippen LogP contribution in [0.4, 0.5) is 0 Å². The third-order valence-electron chi connectivity index (χ3n) is 4.41. The molecule has 136 valence electrons. The summed E-state index contributed by atoms with van der Waals surface area (Å²) in [6, 6.07) is 4.40. The number of halogens is 1. The number of primary amides is 1. The Balaban J connectivity index is 1.89. The minimum absolute atomic E-state index is 0.0109. The Kier molecular flexibility index (Phi) is 4.82. The zero-order chi connectivity index (χ0) is 19.0. The molecular weight excluding hydrogens is 404 g/mol. The normalized spacial score (nSPS) is 14.4. The quantitative estimate of drug-likeness (QED) is 0.733. The molecule has 1 atom stereocenters. The second kappa shape index (κ2) is 6.91. The van der Waals surface area contributed by atoms with Gasteiger partial charge in [-0.15, -0.1) is 0 Å². The maximum Gasteiger partial charge on any atom is 0.303 e. The Hall–Kier alpha value is -2.68. The first kappa shape index (κ1) is 18.1. The van der Waals surface area contributed by atoms with E-state index in [2.05, 4.69) is 20.9 Å². The van der Waals surface area contributed by atoms with Gasteiger partial charge >= 0.3 is 5.97 Å². The van der Waals surface area contributed by atoms with E-state index in [1.807, 2.05) is 17.7 Å². The summed E-state index contributed by atoms with van der Waals surface area (Å²) in [6.45, 7) is 0.208. The monoisotopic (exact) mass is 420 g/mol. The van der Waals surface area contributed by atoms with E-state index in [9.17, 15) is 14.4 Å². The SMILES string of the molecule is Cn1cnc(-c2ccc3c(c2)CN([C@@H](CCC(=O)O)C(N)=O)C3=O)c1Br. The van der Waals surface area contributed by atoms with Crippen molar-refractivity contribution < 1.29 is 19.5 Å². The second-order valence-electron chi connectivity index (χ2n) is 6.15. The number of benzene rings is 1. The fourth-order valence-electron chi connectivity index (χ4n) is 3.06. The number of aliphatic carboxylic acids is 1. The van der Waals surface area contributed by atoms with Gasteiger partial charge in [0.05, 0.1) is 6.33 Å². The van der Waals surface area contributed by atoms with Crippen LogP contribution in [-0.4, -0.2) is 43.4 Å². The molecule has 1 aromatic carbocycles. The van der Waals surface area contributed by atoms with Crippen LogP contribution in [0.3, 0.4) is 0 Å². The summed E-state index contributed by atoms with van der Waals surface area (Å²) >= 11 is 3.47. The van der Waals surface area contributed by atoms with Gasteiger partial charge in [-0.1, -0.05) is 6.07 Å². The number of carboxylic acids is 1. The average Bonchev–Trinajstić information content (AvgIpc) is 3.08. The molecule has 2 aromatic rings. The van der Waals surface area contributed by atoms with E-state index in [-0.39, 0.29) is 25.3 Å². The van der Waals surface area contributed by atoms with Gasteiger partial charge in [0.1, 0.15) is 16.3 Å². The molecule has 0 radical (unpaired) electrons. The largest absolute Gasteiger partial charge is 0.481 e. The number of hydrogen-bond acceptors (Lipinski definition) is 4. The Morgan fingerprint density at radius 2 is 2.15 bits per heavy atom. The molecule has 3 N–H and O–H groups in total. The molecule has 1 aliphatic rings. The van der Waals surface area contributed by atoms with Crippen molar-refractivity contribution >= 4 is 33.7 Å². The summed E-state index contributed by atoms with van der Waals surface area (Å²) in [5.74, 6) is -2.07. The summed E-state index contributed by atoms with van der Waals surface area (Å²) < 4.78 is 2.64. The molecule has 0 spiro atoms. The van der Waals surface area contributed by atoms with Crippen LogP contribution in [0.1, 0.15) is 28.8 Å². The van der Waals surface area contributed by atoms with Gasteiger partial charge in [0.2, 0.25) is 5.91 Å². The lowest BCUT2D eigenvalue weighted by Crippen LogP contribution is -2.45. The summed E-state index contributed by atoms with van der Waals surface area (Å²) in [4.78, 5) is 40.9. The highest BCUT2D eigenvalue weighted by Gasteiger charge is 2.35. The molecule has 9 heteroatoms. The minimum atomic E-state index is -1.04. The molecule has 0 aliphatic carbocycles. The molecule has 2 heterocycles. The molecule has 1 aromatic heterocycles. The Morgan fingerprint density at radius 3 is 2.73 bits per heavy atom. The standard InChI is InChI=1S/C17H17BrN4O4/c1-21-8-20-14(15(21)18)9-2-3-11-10(6-9)7-22(17(11)26)12(16(19)25)4-5-13(23)24/h2-3,6,8,12H,4-5,7H2,1H3,(H2,19,25)(H,23,24)/t12-/m0/s1. The number of carboxylic acid groups (broad SMARTS) is 1. The molecule has 0 unspecified atom stereocenters. The van der Waals surface area contributed by atoms with Crippen LogP contribution < -0.4 is 5.73 Å². The van der Waals surface area contributed by atoms with E-state index in [0.717, 1.165) is 21.4 Å². The number of aromatic nitrogens is 2. The smallest absolute Gasteiger partial charge is 0.303 e. The number of amides is 2. The Labute approximate surface area is 157 Å². The topological polar surface area (TPSA) is 119 Å². The molecule has 0 saturated heterocycles. The van der Waals surface area contributed by atoms with Crippen LogP contribution in [-0.2, 0) is 23.2 Å². The third kappa shape index (κ3) is 3.22. The summed E-state index contributed by atoms with van der Waals surface area (Å²) in [5, 5.41) is 8.85. The highest BCUT2D eigenvalue weighted by Crippen LogP contribution is 2.32. The first-order valence-corrected chi connectivity index (χ1v) is 8.71. The van der Waals surface area contributed by atoms with E-state index in [1.54, 1.807) is 18.5 Å². The average molecular weight is 421 g/mol. The third-order valence-corrected chi connectivity index (χ3v) is 5.35. The fraction of sp³-hybridized carbons (Fsp3) is 0.294. The molecular formula is C17H17BrN4O4. The summed E-state index contributed by atoms with van der Waals surface area (Å²) in [7, 11) is 1.86. The molecule has 0 saturated carbocycles. The Bertz CT molecular complexity index is 908. The summed E-state index contributed by atoms with van der Waals surface area (Å²) in [5.41, 5.74) is 8.23. The van der Waals surface area contributed by atoms with E-state index >= 15 is 0 Å². The molecule has 0 bridgehead atoms. The van der Waals surface area contributed by atoms with Crippen molar-refractivity contribution in [2.45, 2.75) is 25.4 Å². The van der Waals surface area contributed by atoms with Gasteiger partial charge in [-0.05, 0) is 40.0 Å². The van der Waals surface area contributed by atoms with E-state index in [0.29, 0.717) is 5.56 Å². The predicted octanol–water partition coefficient (Wildman–Crippen LogP) is 1.52. The maximum atomic E-state index is 12.6. The number of imidazole rings is 1. The van der Waals surface area contributed by atoms with Crippen molar-refractivity contribution in [1.29, 1.82) is 0 Å². The van der Waals surface area contributed by atoms with Crippen molar-refractivity contribution in [3.05, 3.63) is 40.3 Å². The number of fused-ring (bicyclic) bond motifs is 1. The molecule has 8 nitrogen and oxygen atoms in total. The van der Waals surface area contributed by atoms with E-state index < -0.39 is 17.9 Å². The van der Waals surface area contributed by atoms with Crippen LogP contribution in [0.2, 0.25) is 0 Å². The number of aryl methyl sites for hydroxylation is 1. The van der Waals surface area contributed by atoms with Crippen molar-refractivity contribution in [3.63, 3.8) is 0 Å². The second-order valence-corrected chi connectivity index (χ2v) is 6.90. The first-order chi connectivity index (χ1) is 12.3. The zero-order valence-electron chi connectivity index (χ0n) is 14.0. The number of carbonyl (C=O) groups excluding carboxylic acids is 2. The lowest BCUT2D eigenvalue weighted by atomic mass is 10.0. The predicted molar refractivity (Wildman–Crippen MR) is 96.1 cm³/mol. The van der Waals surface area contributed by atoms with Gasteiger partial charge in [0.25, 0.3) is 5.91 Å². The Morgan fingerprint density at radius 1 is 1.42 bits per heavy atom. The van der Waals surface area contributed by atoms with Crippen LogP contribution in [0.5, 0.6) is 0 Å². The molecule has 3 rings (SSSR count). The molecule has 26 heavy (non-hydrogen) atoms. The summed E-state index contributed by atoms with van der Waals surface area (Å²) in [6.07, 6.45) is 1.43. The highest BCUT2D eigenvalue weighted by atomic mass is 79.9. The van der Waals surface area contributed by atoms with Gasteiger partial charge in [0.15, 0.2) is 0 Å². The number of rotatable bonds is 6. The van der Waals surface area contributed by atoms with Crippen molar-refractivity contribution in [1.82, 2.24) is 14.5 Å². The zero-order valence-corrected chi connectivity index (χ0v) is 15.6. The minimum Gasteiger partial charge on any atom is -0.481 e. The van der Waals surface area contributed by atoms with Crippen molar-refractivity contribution in [2.24, 2.45) is 12.8 Å². The van der Waals surface area contributed by atoms with Crippen LogP contribution in [0.15, 0.2) is 29.1 Å². The van der Waals surface area contributed by atoms with Gasteiger partial charge in [0, 0.05) is 31.1 Å². The van der Waals surface area contributed by atoms with Crippen LogP contribution in [0.25, 0.3) is 11.3 Å². The lowest BCUT2D eigenvalue weighted by molar-refractivity contribution is -0.137. The van der Waals surface area contributed by atoms with Crippen molar-refractivity contribution in [2.75, 3.05) is 0 Å². The van der Waals surface area contributed by atoms with Crippen LogP contribution >= 0.6 is 15.9 Å². The van der Waals surface area contributed by atoms with Crippen LogP contribution in [0, 0.1) is 0 Å². The van der Waals surface area contributed by atoms with Gasteiger partial charge in [-0.2, -0.15) is 0 Å². The van der Waals surface area contributed by atoms with Gasteiger partial charge < -0.3 is 20.3 Å². The number of carbonyl (C=O) groups is 3. The first-order valence-electron chi connectivity index (χ1n) is 7.91. The molecule has 1 aliphatic heterocycles. The molecule has 0 fully saturated rings. The maximum absolute atomic E-state index is 12.6. The molecule has 2 amide bonds. The van der Waals surface area contributed by atoms with E-state index in [1.165, 1.54) is 4.90 Å². The van der Waals surface area contributed by atoms with Crippen molar-refractivity contribution in [3.8, 4) is 11.3 Å². The van der Waals surface area contributed by atoms with Gasteiger partial charge in [-0.3, -0.25) is 14.4 Å². The van der Waals surface area contributed by atoms with E-state index in [4.69, 9.17) is 10.8 Å². The number of nitrogens with zero attached hydrogens (tertiary/aromatic N) is 3. The number of nitrogens with two attached hydrogens (primary N) is 1. The number of hydrogen-bond donors (Lipinski definition) is 2.